The summed E-state index contributed by atoms with van der Waals surface area (Å²) in [4.78, 5) is 20.6. The highest BCUT2D eigenvalue weighted by Crippen LogP contribution is 2.31. The predicted molar refractivity (Wildman–Crippen MR) is 92.8 cm³/mol. The van der Waals surface area contributed by atoms with E-state index >= 15 is 0 Å². The van der Waals surface area contributed by atoms with Gasteiger partial charge in [-0.15, -0.1) is 11.3 Å². The Bertz CT molecular complexity index is 696. The Morgan fingerprint density at radius 1 is 1.39 bits per heavy atom. The maximum Gasteiger partial charge on any atom is 0.264 e. The Morgan fingerprint density at radius 2 is 2.22 bits per heavy atom. The Hall–Kier alpha value is -1.72. The van der Waals surface area contributed by atoms with Gasteiger partial charge < -0.3 is 9.64 Å². The highest BCUT2D eigenvalue weighted by Gasteiger charge is 2.28. The molecule has 0 saturated carbocycles. The fraction of sp³-hybridized carbons (Fsp3) is 0.444. The van der Waals surface area contributed by atoms with Gasteiger partial charge in [0.1, 0.15) is 0 Å². The van der Waals surface area contributed by atoms with E-state index in [-0.39, 0.29) is 18.1 Å². The summed E-state index contributed by atoms with van der Waals surface area (Å²) in [6.07, 6.45) is 4.94. The first-order chi connectivity index (χ1) is 11.0. The molecular weight excluding hydrogens is 308 g/mol. The number of pyridine rings is 1. The zero-order valence-corrected chi connectivity index (χ0v) is 14.6. The molecule has 3 rings (SSSR count). The van der Waals surface area contributed by atoms with Crippen LogP contribution >= 0.6 is 11.3 Å². The number of hydrogen-bond acceptors (Lipinski definition) is 4. The van der Waals surface area contributed by atoms with Crippen LogP contribution in [-0.2, 0) is 4.74 Å². The molecule has 1 fully saturated rings. The number of carbonyl (C=O) groups excluding carboxylic acids is 1. The van der Waals surface area contributed by atoms with Crippen LogP contribution in [0.15, 0.2) is 30.6 Å². The van der Waals surface area contributed by atoms with Crippen molar-refractivity contribution < 1.29 is 9.53 Å². The lowest BCUT2D eigenvalue weighted by Gasteiger charge is -2.17. The second-order valence-corrected chi connectivity index (χ2v) is 7.28. The highest BCUT2D eigenvalue weighted by atomic mass is 32.1. The minimum Gasteiger partial charge on any atom is -0.374 e. The van der Waals surface area contributed by atoms with Gasteiger partial charge in [0.15, 0.2) is 0 Å². The second-order valence-electron chi connectivity index (χ2n) is 6.20. The molecule has 122 valence electrons. The fourth-order valence-corrected chi connectivity index (χ4v) is 3.98. The summed E-state index contributed by atoms with van der Waals surface area (Å²) in [5, 5.41) is 0. The van der Waals surface area contributed by atoms with Gasteiger partial charge >= 0.3 is 0 Å². The number of ether oxygens (including phenoxy) is 1. The standard InChI is InChI=1S/C18H22N2O2S/c1-12(2)22-14-7-9-20(11-14)18(21)17-5-4-16(23-17)15-6-8-19-10-13(15)3/h4-6,8,10,12,14H,7,9,11H2,1-3H3/t14-/m1/s1. The van der Waals surface area contributed by atoms with E-state index in [2.05, 4.69) is 4.98 Å². The molecule has 1 atom stereocenters. The van der Waals surface area contributed by atoms with Crippen molar-refractivity contribution >= 4 is 17.2 Å². The van der Waals surface area contributed by atoms with Gasteiger partial charge in [0.25, 0.3) is 5.91 Å². The first kappa shape index (κ1) is 16.1. The van der Waals surface area contributed by atoms with Crippen LogP contribution < -0.4 is 0 Å². The number of likely N-dealkylation sites (tertiary alicyclic amines) is 1. The molecule has 1 amide bonds. The zero-order valence-electron chi connectivity index (χ0n) is 13.8. The topological polar surface area (TPSA) is 42.4 Å². The molecule has 0 aliphatic carbocycles. The van der Waals surface area contributed by atoms with E-state index in [9.17, 15) is 4.79 Å². The van der Waals surface area contributed by atoms with Crippen molar-refractivity contribution in [3.8, 4) is 10.4 Å². The van der Waals surface area contributed by atoms with Gasteiger partial charge in [-0.1, -0.05) is 0 Å². The quantitative estimate of drug-likeness (QED) is 0.857. The molecular formula is C18H22N2O2S. The maximum atomic E-state index is 12.7. The Kier molecular flexibility index (Phi) is 4.78. The summed E-state index contributed by atoms with van der Waals surface area (Å²) >= 11 is 1.55. The predicted octanol–water partition coefficient (Wildman–Crippen LogP) is 3.76. The smallest absolute Gasteiger partial charge is 0.264 e. The average Bonchev–Trinajstić information content (AvgIpc) is 3.16. The molecule has 23 heavy (non-hydrogen) atoms. The van der Waals surface area contributed by atoms with Gasteiger partial charge in [-0.05, 0) is 56.5 Å². The van der Waals surface area contributed by atoms with E-state index in [0.717, 1.165) is 33.8 Å². The summed E-state index contributed by atoms with van der Waals surface area (Å²) in [7, 11) is 0. The first-order valence-corrected chi connectivity index (χ1v) is 8.82. The third kappa shape index (κ3) is 3.62. The van der Waals surface area contributed by atoms with Crippen molar-refractivity contribution in [3.05, 3.63) is 41.0 Å². The maximum absolute atomic E-state index is 12.7. The molecule has 0 bridgehead atoms. The lowest BCUT2D eigenvalue weighted by molar-refractivity contribution is 0.0140. The lowest BCUT2D eigenvalue weighted by Crippen LogP contribution is -2.30. The van der Waals surface area contributed by atoms with E-state index in [0.29, 0.717) is 6.54 Å². The Labute approximate surface area is 141 Å². The molecule has 2 aromatic rings. The number of rotatable bonds is 4. The number of nitrogens with zero attached hydrogens (tertiary/aromatic N) is 2. The highest BCUT2D eigenvalue weighted by molar-refractivity contribution is 7.17. The number of amides is 1. The Morgan fingerprint density at radius 3 is 2.96 bits per heavy atom. The zero-order chi connectivity index (χ0) is 16.4. The second kappa shape index (κ2) is 6.81. The number of carbonyl (C=O) groups is 1. The molecule has 0 aromatic carbocycles. The Balaban J connectivity index is 1.71. The molecule has 2 aromatic heterocycles. The molecule has 0 N–H and O–H groups in total. The van der Waals surface area contributed by atoms with Gasteiger partial charge in [-0.25, -0.2) is 0 Å². The number of thiophene rings is 1. The summed E-state index contributed by atoms with van der Waals surface area (Å²) in [5.41, 5.74) is 2.27. The van der Waals surface area contributed by atoms with Crippen molar-refractivity contribution in [2.24, 2.45) is 0 Å². The molecule has 5 heteroatoms. The third-order valence-electron chi connectivity index (χ3n) is 4.00. The molecule has 1 aliphatic heterocycles. The minimum absolute atomic E-state index is 0.114. The number of aromatic nitrogens is 1. The van der Waals surface area contributed by atoms with Crippen molar-refractivity contribution in [2.45, 2.75) is 39.4 Å². The third-order valence-corrected chi connectivity index (χ3v) is 5.11. The fourth-order valence-electron chi connectivity index (χ4n) is 2.91. The molecule has 0 radical (unpaired) electrons. The number of aryl methyl sites for hydroxylation is 1. The SMILES string of the molecule is Cc1cnccc1-c1ccc(C(=O)N2CC[C@@H](OC(C)C)C2)s1. The van der Waals surface area contributed by atoms with Gasteiger partial charge in [0.05, 0.1) is 17.1 Å². The summed E-state index contributed by atoms with van der Waals surface area (Å²) < 4.78 is 5.82. The van der Waals surface area contributed by atoms with Crippen LogP contribution in [0.3, 0.4) is 0 Å². The molecule has 1 aliphatic rings. The van der Waals surface area contributed by atoms with Gasteiger partial charge in [0.2, 0.25) is 0 Å². The van der Waals surface area contributed by atoms with Crippen LogP contribution in [0, 0.1) is 6.92 Å². The minimum atomic E-state index is 0.114. The monoisotopic (exact) mass is 330 g/mol. The number of hydrogen-bond donors (Lipinski definition) is 0. The van der Waals surface area contributed by atoms with Gasteiger partial charge in [0, 0.05) is 30.4 Å². The van der Waals surface area contributed by atoms with E-state index in [1.807, 2.05) is 50.1 Å². The van der Waals surface area contributed by atoms with E-state index in [4.69, 9.17) is 4.74 Å². The van der Waals surface area contributed by atoms with Crippen molar-refractivity contribution in [2.75, 3.05) is 13.1 Å². The van der Waals surface area contributed by atoms with E-state index < -0.39 is 0 Å². The van der Waals surface area contributed by atoms with Crippen LogP contribution in [0.5, 0.6) is 0 Å². The molecule has 0 spiro atoms. The summed E-state index contributed by atoms with van der Waals surface area (Å²) in [6.45, 7) is 7.58. The molecule has 1 saturated heterocycles. The van der Waals surface area contributed by atoms with Crippen molar-refractivity contribution in [1.29, 1.82) is 0 Å². The van der Waals surface area contributed by atoms with Crippen molar-refractivity contribution in [3.63, 3.8) is 0 Å². The van der Waals surface area contributed by atoms with Crippen LogP contribution in [-0.4, -0.2) is 41.1 Å². The molecule has 0 unspecified atom stereocenters. The normalized spacial score (nSPS) is 17.9. The largest absolute Gasteiger partial charge is 0.374 e. The lowest BCUT2D eigenvalue weighted by atomic mass is 10.1. The first-order valence-electron chi connectivity index (χ1n) is 8.00. The van der Waals surface area contributed by atoms with E-state index in [1.54, 1.807) is 17.5 Å². The van der Waals surface area contributed by atoms with Crippen LogP contribution in [0.25, 0.3) is 10.4 Å². The van der Waals surface area contributed by atoms with E-state index in [1.165, 1.54) is 0 Å². The average molecular weight is 330 g/mol. The van der Waals surface area contributed by atoms with Crippen molar-refractivity contribution in [1.82, 2.24) is 9.88 Å². The van der Waals surface area contributed by atoms with Crippen LogP contribution in [0.4, 0.5) is 0 Å². The van der Waals surface area contributed by atoms with Gasteiger partial charge in [-0.3, -0.25) is 9.78 Å². The summed E-state index contributed by atoms with van der Waals surface area (Å²) in [5.74, 6) is 0.114. The van der Waals surface area contributed by atoms with Crippen LogP contribution in [0.2, 0.25) is 0 Å². The van der Waals surface area contributed by atoms with Crippen LogP contribution in [0.1, 0.15) is 35.5 Å². The molecule has 4 nitrogen and oxygen atoms in total. The molecule has 3 heterocycles. The van der Waals surface area contributed by atoms with Gasteiger partial charge in [-0.2, -0.15) is 0 Å². The summed E-state index contributed by atoms with van der Waals surface area (Å²) in [6, 6.07) is 5.95.